The van der Waals surface area contributed by atoms with Gasteiger partial charge >= 0.3 is 0 Å². The van der Waals surface area contributed by atoms with Crippen LogP contribution in [0.4, 0.5) is 0 Å². The maximum Gasteiger partial charge on any atom is 0.164 e. The Morgan fingerprint density at radius 3 is 1.10 bits per heavy atom. The first kappa shape index (κ1) is 29.9. The second-order valence-electron chi connectivity index (χ2n) is 13.2. The van der Waals surface area contributed by atoms with Crippen LogP contribution in [-0.2, 0) is 0 Å². The minimum Gasteiger partial charge on any atom is -0.208 e. The van der Waals surface area contributed by atoms with Gasteiger partial charge in [-0.2, -0.15) is 0 Å². The number of fused-ring (bicyclic) bond motifs is 8. The molecule has 0 saturated carbocycles. The van der Waals surface area contributed by atoms with E-state index in [1.165, 1.54) is 54.2 Å². The molecule has 0 amide bonds. The van der Waals surface area contributed by atoms with Gasteiger partial charge in [-0.1, -0.05) is 182 Å². The van der Waals surface area contributed by atoms with Gasteiger partial charge in [0.1, 0.15) is 0 Å². The van der Waals surface area contributed by atoms with E-state index in [-0.39, 0.29) is 0 Å². The molecule has 0 atom stereocenters. The summed E-state index contributed by atoms with van der Waals surface area (Å²) in [5.41, 5.74) is 7.56. The fraction of sp³-hybridized carbons (Fsp3) is 0. The molecule has 0 radical (unpaired) electrons. The lowest BCUT2D eigenvalue weighted by atomic mass is 9.90. The maximum absolute atomic E-state index is 4.89. The van der Waals surface area contributed by atoms with Crippen LogP contribution in [0.2, 0.25) is 0 Å². The number of hydrogen-bond donors (Lipinski definition) is 0. The summed E-state index contributed by atoms with van der Waals surface area (Å²) in [6.45, 7) is 0. The third kappa shape index (κ3) is 5.19. The van der Waals surface area contributed by atoms with Crippen molar-refractivity contribution in [2.24, 2.45) is 0 Å². The molecule has 0 spiro atoms. The van der Waals surface area contributed by atoms with Crippen molar-refractivity contribution in [1.29, 1.82) is 0 Å². The van der Waals surface area contributed by atoms with Gasteiger partial charge in [0.05, 0.1) is 0 Å². The Morgan fingerprint density at radius 1 is 0.231 bits per heavy atom. The van der Waals surface area contributed by atoms with Crippen molar-refractivity contribution in [3.05, 3.63) is 188 Å². The summed E-state index contributed by atoms with van der Waals surface area (Å²) >= 11 is 0. The average Bonchev–Trinajstić information content (AvgIpc) is 3.24. The lowest BCUT2D eigenvalue weighted by molar-refractivity contribution is 1.07. The fourth-order valence-corrected chi connectivity index (χ4v) is 7.52. The van der Waals surface area contributed by atoms with Gasteiger partial charge in [0.25, 0.3) is 0 Å². The van der Waals surface area contributed by atoms with Gasteiger partial charge in [-0.25, -0.2) is 15.0 Å². The molecule has 0 aliphatic heterocycles. The van der Waals surface area contributed by atoms with E-state index in [0.29, 0.717) is 17.5 Å². The highest BCUT2D eigenvalue weighted by Gasteiger charge is 2.14. The van der Waals surface area contributed by atoms with E-state index >= 15 is 0 Å². The highest BCUT2D eigenvalue weighted by molar-refractivity contribution is 6.31. The van der Waals surface area contributed by atoms with E-state index in [9.17, 15) is 0 Å². The largest absolute Gasteiger partial charge is 0.208 e. The van der Waals surface area contributed by atoms with E-state index in [0.717, 1.165) is 27.8 Å². The fourth-order valence-electron chi connectivity index (χ4n) is 7.52. The van der Waals surface area contributed by atoms with Gasteiger partial charge in [0, 0.05) is 16.7 Å². The van der Waals surface area contributed by atoms with Crippen LogP contribution in [0.3, 0.4) is 0 Å². The Bertz CT molecular complexity index is 2820. The molecule has 242 valence electrons. The highest BCUT2D eigenvalue weighted by atomic mass is 15.0. The number of aromatic nitrogens is 3. The molecule has 1 heterocycles. The van der Waals surface area contributed by atoms with Crippen LogP contribution >= 0.6 is 0 Å². The summed E-state index contributed by atoms with van der Waals surface area (Å²) < 4.78 is 0. The van der Waals surface area contributed by atoms with Crippen LogP contribution in [0, 0.1) is 0 Å². The molecule has 52 heavy (non-hydrogen) atoms. The molecule has 0 N–H and O–H groups in total. The maximum atomic E-state index is 4.89. The number of nitrogens with zero attached hydrogens (tertiary/aromatic N) is 3. The number of rotatable bonds is 5. The van der Waals surface area contributed by atoms with Crippen LogP contribution in [0.15, 0.2) is 188 Å². The Hall–Kier alpha value is -6.97. The highest BCUT2D eigenvalue weighted by Crippen LogP contribution is 2.40. The molecule has 0 saturated heterocycles. The Kier molecular flexibility index (Phi) is 7.14. The van der Waals surface area contributed by atoms with Gasteiger partial charge in [0.2, 0.25) is 0 Å². The second kappa shape index (κ2) is 12.4. The molecule has 1 aromatic heterocycles. The van der Waals surface area contributed by atoms with Gasteiger partial charge in [-0.15, -0.1) is 0 Å². The van der Waals surface area contributed by atoms with Gasteiger partial charge < -0.3 is 0 Å². The third-order valence-corrected chi connectivity index (χ3v) is 10.1. The zero-order valence-electron chi connectivity index (χ0n) is 28.2. The molecule has 0 unspecified atom stereocenters. The van der Waals surface area contributed by atoms with Crippen molar-refractivity contribution >= 4 is 43.1 Å². The molecule has 0 bridgehead atoms. The van der Waals surface area contributed by atoms with Crippen molar-refractivity contribution in [2.45, 2.75) is 0 Å². The average molecular weight is 662 g/mol. The minimum absolute atomic E-state index is 0.653. The molecular weight excluding hydrogens is 631 g/mol. The second-order valence-corrected chi connectivity index (χ2v) is 13.2. The first-order chi connectivity index (χ1) is 25.8. The van der Waals surface area contributed by atoms with E-state index in [1.807, 2.05) is 60.7 Å². The summed E-state index contributed by atoms with van der Waals surface area (Å²) in [5, 5.41) is 10.3. The Balaban J connectivity index is 0.975. The lowest BCUT2D eigenvalue weighted by Gasteiger charge is -2.13. The van der Waals surface area contributed by atoms with Gasteiger partial charge in [-0.05, 0) is 71.4 Å². The van der Waals surface area contributed by atoms with Crippen LogP contribution in [0.1, 0.15) is 0 Å². The number of hydrogen-bond acceptors (Lipinski definition) is 3. The zero-order valence-corrected chi connectivity index (χ0v) is 28.2. The molecule has 0 fully saturated rings. The summed E-state index contributed by atoms with van der Waals surface area (Å²) in [7, 11) is 0. The third-order valence-electron chi connectivity index (χ3n) is 10.1. The summed E-state index contributed by atoms with van der Waals surface area (Å²) in [4.78, 5) is 14.6. The van der Waals surface area contributed by atoms with Gasteiger partial charge in [0.15, 0.2) is 17.5 Å². The van der Waals surface area contributed by atoms with E-state index in [4.69, 9.17) is 15.0 Å². The molecule has 10 rings (SSSR count). The summed E-state index contributed by atoms with van der Waals surface area (Å²) in [5.74, 6) is 1.97. The van der Waals surface area contributed by atoms with Crippen molar-refractivity contribution in [2.75, 3.05) is 0 Å². The lowest BCUT2D eigenvalue weighted by Crippen LogP contribution is -2.00. The normalized spacial score (nSPS) is 11.5. The topological polar surface area (TPSA) is 38.7 Å². The summed E-state index contributed by atoms with van der Waals surface area (Å²) in [6, 6.07) is 66.5. The first-order valence-electron chi connectivity index (χ1n) is 17.6. The quantitative estimate of drug-likeness (QED) is 0.172. The molecule has 10 aromatic rings. The molecule has 0 aliphatic carbocycles. The van der Waals surface area contributed by atoms with Crippen LogP contribution in [0.5, 0.6) is 0 Å². The predicted octanol–water partition coefficient (Wildman–Crippen LogP) is 12.8. The molecule has 3 nitrogen and oxygen atoms in total. The van der Waals surface area contributed by atoms with E-state index in [2.05, 4.69) is 127 Å². The van der Waals surface area contributed by atoms with E-state index < -0.39 is 0 Å². The zero-order chi connectivity index (χ0) is 34.4. The van der Waals surface area contributed by atoms with Crippen LogP contribution in [0.25, 0.3) is 99.5 Å². The Morgan fingerprint density at radius 2 is 0.577 bits per heavy atom. The van der Waals surface area contributed by atoms with Gasteiger partial charge in [-0.3, -0.25) is 0 Å². The summed E-state index contributed by atoms with van der Waals surface area (Å²) in [6.07, 6.45) is 0. The predicted molar refractivity (Wildman–Crippen MR) is 217 cm³/mol. The van der Waals surface area contributed by atoms with Crippen LogP contribution < -0.4 is 0 Å². The smallest absolute Gasteiger partial charge is 0.164 e. The molecule has 3 heteroatoms. The van der Waals surface area contributed by atoms with Crippen LogP contribution in [-0.4, -0.2) is 15.0 Å². The van der Waals surface area contributed by atoms with E-state index in [1.54, 1.807) is 0 Å². The molecule has 0 aliphatic rings. The molecule has 9 aromatic carbocycles. The van der Waals surface area contributed by atoms with Crippen molar-refractivity contribution in [3.8, 4) is 56.4 Å². The standard InChI is InChI=1S/C49H31N3/c1-3-11-35(12-4-1)47-50-48(36-13-5-2-6-14-36)52-49(51-47)37-25-23-33(24-26-37)32-19-21-34(22-20-32)38-27-29-40-39(31-38)28-30-45-43-17-8-7-15-41(43)42-16-9-10-18-44(42)46(40)45/h1-31H. The minimum atomic E-state index is 0.653. The van der Waals surface area contributed by atoms with Crippen molar-refractivity contribution in [3.63, 3.8) is 0 Å². The van der Waals surface area contributed by atoms with Crippen molar-refractivity contribution in [1.82, 2.24) is 15.0 Å². The SMILES string of the molecule is c1ccc(-c2nc(-c3ccccc3)nc(-c3ccc(-c4ccc(-c5ccc6c(ccc7c8ccccc8c8ccccc8c67)c5)cc4)cc3)n2)cc1. The first-order valence-corrected chi connectivity index (χ1v) is 17.6. The molecular formula is C49H31N3. The number of benzene rings is 9. The van der Waals surface area contributed by atoms with Crippen molar-refractivity contribution < 1.29 is 0 Å². The monoisotopic (exact) mass is 661 g/mol. The Labute approximate surface area is 301 Å².